The summed E-state index contributed by atoms with van der Waals surface area (Å²) in [4.78, 5) is 11.8. The van der Waals surface area contributed by atoms with Gasteiger partial charge in [0.25, 0.3) is 0 Å². The summed E-state index contributed by atoms with van der Waals surface area (Å²) in [6.45, 7) is 0. The van der Waals surface area contributed by atoms with E-state index in [0.29, 0.717) is 6.42 Å². The molecule has 0 spiro atoms. The van der Waals surface area contributed by atoms with E-state index in [2.05, 4.69) is 32.6 Å². The van der Waals surface area contributed by atoms with Gasteiger partial charge in [0.1, 0.15) is 0 Å². The van der Waals surface area contributed by atoms with E-state index in [1.807, 2.05) is 24.4 Å². The lowest BCUT2D eigenvalue weighted by Gasteiger charge is -2.15. The van der Waals surface area contributed by atoms with Crippen molar-refractivity contribution in [1.82, 2.24) is 4.57 Å². The first kappa shape index (κ1) is 10.8. The first-order chi connectivity index (χ1) is 8.25. The molecule has 2 nitrogen and oxygen atoms in total. The minimum atomic E-state index is 0.280. The van der Waals surface area contributed by atoms with Crippen LogP contribution in [-0.4, -0.2) is 10.4 Å². The van der Waals surface area contributed by atoms with Gasteiger partial charge in [-0.1, -0.05) is 15.9 Å². The van der Waals surface area contributed by atoms with E-state index in [4.69, 9.17) is 0 Å². The van der Waals surface area contributed by atoms with Crippen molar-refractivity contribution in [3.05, 3.63) is 52.3 Å². The number of hydrogen-bond acceptors (Lipinski definition) is 1. The Labute approximate surface area is 108 Å². The lowest BCUT2D eigenvalue weighted by atomic mass is 9.97. The first-order valence-electron chi connectivity index (χ1n) is 5.75. The van der Waals surface area contributed by atoms with Crippen molar-refractivity contribution in [3.8, 4) is 5.69 Å². The minimum absolute atomic E-state index is 0.280. The van der Waals surface area contributed by atoms with Crippen LogP contribution in [0.5, 0.6) is 0 Å². The van der Waals surface area contributed by atoms with Crippen molar-refractivity contribution in [3.63, 3.8) is 0 Å². The molecular weight excluding hydrogens is 278 g/mol. The number of carbonyl (C=O) groups excluding carboxylic acids is 1. The Morgan fingerprint density at radius 3 is 2.59 bits per heavy atom. The van der Waals surface area contributed by atoms with Gasteiger partial charge in [0.2, 0.25) is 0 Å². The first-order valence-corrected chi connectivity index (χ1v) is 6.54. The third-order valence-electron chi connectivity index (χ3n) is 3.21. The fourth-order valence-electron chi connectivity index (χ4n) is 2.37. The van der Waals surface area contributed by atoms with Gasteiger partial charge in [-0.2, -0.15) is 0 Å². The lowest BCUT2D eigenvalue weighted by Crippen LogP contribution is -2.12. The van der Waals surface area contributed by atoms with Crippen LogP contribution in [-0.2, 0) is 6.42 Å². The second-order valence-electron chi connectivity index (χ2n) is 4.30. The molecule has 1 aromatic carbocycles. The zero-order chi connectivity index (χ0) is 11.8. The van der Waals surface area contributed by atoms with E-state index in [1.54, 1.807) is 0 Å². The van der Waals surface area contributed by atoms with Gasteiger partial charge in [-0.3, -0.25) is 4.79 Å². The van der Waals surface area contributed by atoms with Crippen LogP contribution in [0, 0.1) is 0 Å². The molecule has 0 N–H and O–H groups in total. The molecule has 0 aliphatic heterocycles. The normalized spacial score (nSPS) is 14.8. The molecule has 0 fully saturated rings. The molecule has 1 aromatic heterocycles. The molecule has 3 rings (SSSR count). The average Bonchev–Trinajstić information content (AvgIpc) is 2.75. The summed E-state index contributed by atoms with van der Waals surface area (Å²) in [6.07, 6.45) is 4.64. The molecule has 0 saturated carbocycles. The number of fused-ring (bicyclic) bond motifs is 1. The Balaban J connectivity index is 2.10. The fraction of sp³-hybridized carbons (Fsp3) is 0.214. The summed E-state index contributed by atoms with van der Waals surface area (Å²) in [5.74, 6) is 0.280. The van der Waals surface area contributed by atoms with E-state index in [-0.39, 0.29) is 5.78 Å². The molecule has 0 unspecified atom stereocenters. The summed E-state index contributed by atoms with van der Waals surface area (Å²) in [5, 5.41) is 0. The number of ketones is 1. The number of halogens is 1. The molecule has 1 heterocycles. The highest BCUT2D eigenvalue weighted by Crippen LogP contribution is 2.25. The molecule has 0 saturated heterocycles. The Kier molecular flexibility index (Phi) is 2.63. The summed E-state index contributed by atoms with van der Waals surface area (Å²) >= 11 is 3.43. The second kappa shape index (κ2) is 4.15. The van der Waals surface area contributed by atoms with Crippen LogP contribution in [0.2, 0.25) is 0 Å². The zero-order valence-electron chi connectivity index (χ0n) is 9.32. The van der Waals surface area contributed by atoms with Crippen molar-refractivity contribution < 1.29 is 4.79 Å². The van der Waals surface area contributed by atoms with E-state index in [9.17, 15) is 4.79 Å². The quantitative estimate of drug-likeness (QED) is 0.784. The summed E-state index contributed by atoms with van der Waals surface area (Å²) in [6, 6.07) is 10.1. The molecule has 1 aliphatic carbocycles. The Morgan fingerprint density at radius 2 is 1.82 bits per heavy atom. The van der Waals surface area contributed by atoms with Gasteiger partial charge in [0.05, 0.1) is 0 Å². The predicted molar refractivity (Wildman–Crippen MR) is 70.7 cm³/mol. The smallest absolute Gasteiger partial charge is 0.164 e. The van der Waals surface area contributed by atoms with Gasteiger partial charge in [0, 0.05) is 34.0 Å². The van der Waals surface area contributed by atoms with E-state index >= 15 is 0 Å². The van der Waals surface area contributed by atoms with Gasteiger partial charge in [-0.15, -0.1) is 0 Å². The van der Waals surface area contributed by atoms with Crippen LogP contribution in [0.4, 0.5) is 0 Å². The number of Topliss-reactive ketones (excluding diaryl/α,β-unsaturated/α-hetero) is 1. The number of benzene rings is 1. The Hall–Kier alpha value is -1.35. The topological polar surface area (TPSA) is 22.0 Å². The number of carbonyl (C=O) groups is 1. The number of nitrogens with zero attached hydrogens (tertiary/aromatic N) is 1. The summed E-state index contributed by atoms with van der Waals surface area (Å²) in [5.41, 5.74) is 3.17. The van der Waals surface area contributed by atoms with Crippen LogP contribution in [0.15, 0.2) is 41.0 Å². The van der Waals surface area contributed by atoms with Crippen molar-refractivity contribution >= 4 is 21.7 Å². The highest BCUT2D eigenvalue weighted by atomic mass is 79.9. The van der Waals surface area contributed by atoms with E-state index in [0.717, 1.165) is 34.3 Å². The van der Waals surface area contributed by atoms with Crippen molar-refractivity contribution in [1.29, 1.82) is 0 Å². The summed E-state index contributed by atoms with van der Waals surface area (Å²) < 4.78 is 3.19. The monoisotopic (exact) mass is 289 g/mol. The third kappa shape index (κ3) is 1.84. The molecule has 3 heteroatoms. The minimum Gasteiger partial charge on any atom is -0.320 e. The molecule has 1 aliphatic rings. The second-order valence-corrected chi connectivity index (χ2v) is 5.21. The standard InChI is InChI=1S/C14H12BrNO/c15-10-4-6-11(7-5-10)16-9-8-12-13(16)2-1-3-14(12)17/h4-9H,1-3H2. The van der Waals surface area contributed by atoms with Gasteiger partial charge >= 0.3 is 0 Å². The average molecular weight is 290 g/mol. The molecule has 2 aromatic rings. The summed E-state index contributed by atoms with van der Waals surface area (Å²) in [7, 11) is 0. The molecule has 86 valence electrons. The van der Waals surface area contributed by atoms with Crippen LogP contribution in [0.3, 0.4) is 0 Å². The van der Waals surface area contributed by atoms with E-state index < -0.39 is 0 Å². The van der Waals surface area contributed by atoms with Crippen LogP contribution in [0.1, 0.15) is 28.9 Å². The molecule has 0 atom stereocenters. The molecular formula is C14H12BrNO. The fourth-order valence-corrected chi connectivity index (χ4v) is 2.63. The van der Waals surface area contributed by atoms with Crippen molar-refractivity contribution in [2.45, 2.75) is 19.3 Å². The van der Waals surface area contributed by atoms with Gasteiger partial charge < -0.3 is 4.57 Å². The number of rotatable bonds is 1. The Bertz CT molecular complexity index is 568. The highest BCUT2D eigenvalue weighted by molar-refractivity contribution is 9.10. The maximum atomic E-state index is 11.8. The van der Waals surface area contributed by atoms with Gasteiger partial charge in [-0.05, 0) is 43.2 Å². The third-order valence-corrected chi connectivity index (χ3v) is 3.74. The Morgan fingerprint density at radius 1 is 1.06 bits per heavy atom. The lowest BCUT2D eigenvalue weighted by molar-refractivity contribution is 0.0972. The van der Waals surface area contributed by atoms with Crippen LogP contribution in [0.25, 0.3) is 5.69 Å². The molecule has 0 radical (unpaired) electrons. The SMILES string of the molecule is O=C1CCCc2c1ccn2-c1ccc(Br)cc1. The predicted octanol–water partition coefficient (Wildman–Crippen LogP) is 3.76. The van der Waals surface area contributed by atoms with E-state index in [1.165, 1.54) is 0 Å². The van der Waals surface area contributed by atoms with Crippen molar-refractivity contribution in [2.24, 2.45) is 0 Å². The molecule has 0 amide bonds. The zero-order valence-corrected chi connectivity index (χ0v) is 10.9. The largest absolute Gasteiger partial charge is 0.320 e. The number of aromatic nitrogens is 1. The maximum absolute atomic E-state index is 11.8. The molecule has 0 bridgehead atoms. The van der Waals surface area contributed by atoms with Crippen molar-refractivity contribution in [2.75, 3.05) is 0 Å². The molecule has 17 heavy (non-hydrogen) atoms. The maximum Gasteiger partial charge on any atom is 0.164 e. The highest BCUT2D eigenvalue weighted by Gasteiger charge is 2.20. The van der Waals surface area contributed by atoms with Crippen LogP contribution >= 0.6 is 15.9 Å². The van der Waals surface area contributed by atoms with Gasteiger partial charge in [0.15, 0.2) is 5.78 Å². The van der Waals surface area contributed by atoms with Gasteiger partial charge in [-0.25, -0.2) is 0 Å². The number of hydrogen-bond donors (Lipinski definition) is 0. The van der Waals surface area contributed by atoms with Crippen LogP contribution < -0.4 is 0 Å².